The SMILES string of the molecule is C=CC[C@H](CC)NC(=O)Nc1cnc(N(C)C)nc1. The summed E-state index contributed by atoms with van der Waals surface area (Å²) in [5.41, 5.74) is 0.566. The lowest BCUT2D eigenvalue weighted by molar-refractivity contribution is 0.248. The van der Waals surface area contributed by atoms with Crippen LogP contribution in [0.15, 0.2) is 25.0 Å². The molecule has 1 rings (SSSR count). The standard InChI is InChI=1S/C13H21N5O/c1-5-7-10(6-2)16-13(19)17-11-8-14-12(15-9-11)18(3)4/h5,8-10H,1,6-7H2,2-4H3,(H2,16,17,19)/t10-/m0/s1. The van der Waals surface area contributed by atoms with E-state index in [0.29, 0.717) is 11.6 Å². The number of aromatic nitrogens is 2. The molecule has 6 nitrogen and oxygen atoms in total. The molecule has 19 heavy (non-hydrogen) atoms. The summed E-state index contributed by atoms with van der Waals surface area (Å²) in [6, 6.07) is -0.158. The Kier molecular flexibility index (Phi) is 5.78. The van der Waals surface area contributed by atoms with Gasteiger partial charge in [-0.15, -0.1) is 6.58 Å². The molecule has 1 heterocycles. The molecule has 0 fully saturated rings. The zero-order valence-electron chi connectivity index (χ0n) is 11.7. The number of carbonyl (C=O) groups excluding carboxylic acids is 1. The van der Waals surface area contributed by atoms with Gasteiger partial charge in [0.2, 0.25) is 5.95 Å². The molecular weight excluding hydrogens is 242 g/mol. The van der Waals surface area contributed by atoms with Crippen molar-refractivity contribution >= 4 is 17.7 Å². The topological polar surface area (TPSA) is 70.2 Å². The molecule has 0 saturated carbocycles. The van der Waals surface area contributed by atoms with E-state index in [1.165, 1.54) is 0 Å². The van der Waals surface area contributed by atoms with E-state index in [1.807, 2.05) is 21.0 Å². The Bertz CT molecular complexity index is 416. The van der Waals surface area contributed by atoms with Crippen LogP contribution in [-0.4, -0.2) is 36.1 Å². The monoisotopic (exact) mass is 263 g/mol. The molecule has 104 valence electrons. The summed E-state index contributed by atoms with van der Waals surface area (Å²) in [5, 5.41) is 5.57. The van der Waals surface area contributed by atoms with Crippen LogP contribution < -0.4 is 15.5 Å². The van der Waals surface area contributed by atoms with E-state index in [-0.39, 0.29) is 12.1 Å². The summed E-state index contributed by atoms with van der Waals surface area (Å²) in [5.74, 6) is 0.601. The summed E-state index contributed by atoms with van der Waals surface area (Å²) >= 11 is 0. The van der Waals surface area contributed by atoms with Crippen LogP contribution in [0.2, 0.25) is 0 Å². The van der Waals surface area contributed by atoms with Gasteiger partial charge in [0.05, 0.1) is 18.1 Å². The average Bonchev–Trinajstić information content (AvgIpc) is 2.38. The second-order valence-electron chi connectivity index (χ2n) is 4.39. The average molecular weight is 263 g/mol. The largest absolute Gasteiger partial charge is 0.347 e. The molecule has 1 aromatic rings. The molecule has 0 saturated heterocycles. The predicted molar refractivity (Wildman–Crippen MR) is 77.4 cm³/mol. The number of nitrogens with zero attached hydrogens (tertiary/aromatic N) is 3. The van der Waals surface area contributed by atoms with Crippen molar-refractivity contribution in [1.29, 1.82) is 0 Å². The normalized spacial score (nSPS) is 11.5. The third-order valence-electron chi connectivity index (χ3n) is 2.58. The zero-order valence-corrected chi connectivity index (χ0v) is 11.7. The second-order valence-corrected chi connectivity index (χ2v) is 4.39. The quantitative estimate of drug-likeness (QED) is 0.770. The Morgan fingerprint density at radius 2 is 2.11 bits per heavy atom. The summed E-state index contributed by atoms with van der Waals surface area (Å²) in [6.45, 7) is 5.69. The maximum absolute atomic E-state index is 11.8. The molecule has 0 aliphatic heterocycles. The van der Waals surface area contributed by atoms with Crippen LogP contribution in [0.3, 0.4) is 0 Å². The van der Waals surface area contributed by atoms with Crippen molar-refractivity contribution in [2.45, 2.75) is 25.8 Å². The minimum Gasteiger partial charge on any atom is -0.347 e. The first-order valence-electron chi connectivity index (χ1n) is 6.24. The fourth-order valence-corrected chi connectivity index (χ4v) is 1.50. The van der Waals surface area contributed by atoms with Gasteiger partial charge in [0.1, 0.15) is 0 Å². The Balaban J connectivity index is 2.54. The second kappa shape index (κ2) is 7.35. The molecule has 0 aliphatic carbocycles. The van der Waals surface area contributed by atoms with E-state index in [1.54, 1.807) is 23.4 Å². The first-order chi connectivity index (χ1) is 9.06. The van der Waals surface area contributed by atoms with Gasteiger partial charge < -0.3 is 15.5 Å². The molecule has 2 N–H and O–H groups in total. The number of anilines is 2. The Morgan fingerprint density at radius 3 is 2.58 bits per heavy atom. The molecule has 1 atom stereocenters. The smallest absolute Gasteiger partial charge is 0.319 e. The van der Waals surface area contributed by atoms with E-state index in [0.717, 1.165) is 12.8 Å². The molecule has 0 bridgehead atoms. The van der Waals surface area contributed by atoms with Crippen molar-refractivity contribution in [3.05, 3.63) is 25.0 Å². The number of urea groups is 1. The number of nitrogens with one attached hydrogen (secondary N) is 2. The number of hydrogen-bond acceptors (Lipinski definition) is 4. The lowest BCUT2D eigenvalue weighted by Gasteiger charge is -2.15. The van der Waals surface area contributed by atoms with Gasteiger partial charge in [0.25, 0.3) is 0 Å². The zero-order chi connectivity index (χ0) is 14.3. The third-order valence-corrected chi connectivity index (χ3v) is 2.58. The highest BCUT2D eigenvalue weighted by molar-refractivity contribution is 5.89. The van der Waals surface area contributed by atoms with E-state index in [2.05, 4.69) is 27.2 Å². The van der Waals surface area contributed by atoms with E-state index in [4.69, 9.17) is 0 Å². The van der Waals surface area contributed by atoms with E-state index < -0.39 is 0 Å². The van der Waals surface area contributed by atoms with Crippen LogP contribution in [-0.2, 0) is 0 Å². The number of hydrogen-bond donors (Lipinski definition) is 2. The summed E-state index contributed by atoms with van der Waals surface area (Å²) in [6.07, 6.45) is 6.56. The summed E-state index contributed by atoms with van der Waals surface area (Å²) in [7, 11) is 3.71. The molecular formula is C13H21N5O. The van der Waals surface area contributed by atoms with Crippen LogP contribution in [0, 0.1) is 0 Å². The maximum atomic E-state index is 11.8. The van der Waals surface area contributed by atoms with Crippen LogP contribution in [0.5, 0.6) is 0 Å². The van der Waals surface area contributed by atoms with E-state index in [9.17, 15) is 4.79 Å². The Morgan fingerprint density at radius 1 is 1.47 bits per heavy atom. The highest BCUT2D eigenvalue weighted by Gasteiger charge is 2.09. The molecule has 0 unspecified atom stereocenters. The molecule has 0 aromatic carbocycles. The lowest BCUT2D eigenvalue weighted by Crippen LogP contribution is -2.37. The van der Waals surface area contributed by atoms with Crippen molar-refractivity contribution in [3.63, 3.8) is 0 Å². The van der Waals surface area contributed by atoms with Gasteiger partial charge in [0.15, 0.2) is 0 Å². The van der Waals surface area contributed by atoms with Crippen molar-refractivity contribution in [1.82, 2.24) is 15.3 Å². The van der Waals surface area contributed by atoms with Crippen LogP contribution >= 0.6 is 0 Å². The first-order valence-corrected chi connectivity index (χ1v) is 6.24. The predicted octanol–water partition coefficient (Wildman–Crippen LogP) is 2.02. The van der Waals surface area contributed by atoms with Crippen LogP contribution in [0.4, 0.5) is 16.4 Å². The van der Waals surface area contributed by atoms with Gasteiger partial charge in [-0.25, -0.2) is 14.8 Å². The fourth-order valence-electron chi connectivity index (χ4n) is 1.50. The van der Waals surface area contributed by atoms with Gasteiger partial charge in [-0.05, 0) is 12.8 Å². The molecule has 1 aromatic heterocycles. The molecule has 2 amide bonds. The third kappa shape index (κ3) is 4.95. The highest BCUT2D eigenvalue weighted by Crippen LogP contribution is 2.07. The minimum absolute atomic E-state index is 0.0967. The molecule has 0 aliphatic rings. The number of amides is 2. The Hall–Kier alpha value is -2.11. The van der Waals surface area contributed by atoms with Crippen molar-refractivity contribution in [3.8, 4) is 0 Å². The van der Waals surface area contributed by atoms with Crippen molar-refractivity contribution < 1.29 is 4.79 Å². The van der Waals surface area contributed by atoms with Gasteiger partial charge in [-0.3, -0.25) is 0 Å². The number of rotatable bonds is 6. The van der Waals surface area contributed by atoms with Crippen molar-refractivity contribution in [2.24, 2.45) is 0 Å². The summed E-state index contributed by atoms with van der Waals surface area (Å²) in [4.78, 5) is 21.8. The lowest BCUT2D eigenvalue weighted by atomic mass is 10.1. The van der Waals surface area contributed by atoms with Gasteiger partial charge >= 0.3 is 6.03 Å². The van der Waals surface area contributed by atoms with Gasteiger partial charge in [-0.1, -0.05) is 13.0 Å². The molecule has 0 radical (unpaired) electrons. The molecule has 0 spiro atoms. The molecule has 6 heteroatoms. The fraction of sp³-hybridized carbons (Fsp3) is 0.462. The van der Waals surface area contributed by atoms with Crippen LogP contribution in [0.1, 0.15) is 19.8 Å². The number of carbonyl (C=O) groups is 1. The Labute approximate surface area is 113 Å². The van der Waals surface area contributed by atoms with Gasteiger partial charge in [-0.2, -0.15) is 0 Å². The van der Waals surface area contributed by atoms with E-state index >= 15 is 0 Å². The minimum atomic E-state index is -0.255. The highest BCUT2D eigenvalue weighted by atomic mass is 16.2. The maximum Gasteiger partial charge on any atom is 0.319 e. The van der Waals surface area contributed by atoms with Crippen molar-refractivity contribution in [2.75, 3.05) is 24.3 Å². The van der Waals surface area contributed by atoms with Gasteiger partial charge in [0, 0.05) is 20.1 Å². The van der Waals surface area contributed by atoms with Crippen LogP contribution in [0.25, 0.3) is 0 Å². The first kappa shape index (κ1) is 14.9. The summed E-state index contributed by atoms with van der Waals surface area (Å²) < 4.78 is 0.